The zero-order valence-corrected chi connectivity index (χ0v) is 10.9. The molecule has 0 bridgehead atoms. The Balaban J connectivity index is 0.000000336. The summed E-state index contributed by atoms with van der Waals surface area (Å²) in [5, 5.41) is 0.920. The second-order valence-electron chi connectivity index (χ2n) is 3.50. The van der Waals surface area contributed by atoms with Crippen LogP contribution in [0.1, 0.15) is 32.1 Å². The van der Waals surface area contributed by atoms with Crippen molar-refractivity contribution >= 4 is 15.9 Å². The van der Waals surface area contributed by atoms with E-state index in [4.69, 9.17) is 12.8 Å². The van der Waals surface area contributed by atoms with Gasteiger partial charge in [-0.2, -0.15) is 0 Å². The van der Waals surface area contributed by atoms with Gasteiger partial charge in [0.2, 0.25) is 0 Å². The molecule has 1 nitrogen and oxygen atoms in total. The molecule has 0 spiro atoms. The van der Waals surface area contributed by atoms with Gasteiger partial charge in [-0.25, -0.2) is 0 Å². The smallest absolute Gasteiger partial charge is 0.0214 e. The van der Waals surface area contributed by atoms with Crippen LogP contribution in [0.3, 0.4) is 0 Å². The van der Waals surface area contributed by atoms with Gasteiger partial charge in [0.15, 0.2) is 0 Å². The van der Waals surface area contributed by atoms with Crippen LogP contribution in [-0.2, 0) is 0 Å². The normalized spacial score (nSPS) is 15.7. The van der Waals surface area contributed by atoms with Crippen molar-refractivity contribution in [1.82, 2.24) is 4.90 Å². The minimum absolute atomic E-state index is 0.833. The van der Waals surface area contributed by atoms with E-state index >= 15 is 0 Å². The summed E-state index contributed by atoms with van der Waals surface area (Å²) >= 11 is 3.17. The first-order valence-corrected chi connectivity index (χ1v) is 6.62. The molecule has 0 unspecified atom stereocenters. The van der Waals surface area contributed by atoms with Crippen molar-refractivity contribution in [1.29, 1.82) is 0 Å². The third kappa shape index (κ3) is 9.85. The molecule has 1 aliphatic heterocycles. The Morgan fingerprint density at radius 1 is 1.00 bits per heavy atom. The molecule has 0 N–H and O–H groups in total. The fourth-order valence-corrected chi connectivity index (χ4v) is 1.69. The highest BCUT2D eigenvalue weighted by Gasteiger charge is 2.07. The van der Waals surface area contributed by atoms with E-state index in [0.717, 1.165) is 24.7 Å². The molecular formula is C13H20BrN. The number of halogens is 1. The average Bonchev–Trinajstić information content (AvgIpc) is 2.30. The molecule has 1 heterocycles. The van der Waals surface area contributed by atoms with Crippen LogP contribution >= 0.6 is 15.9 Å². The highest BCUT2D eigenvalue weighted by atomic mass is 79.9. The number of likely N-dealkylation sites (tertiary alicyclic amines) is 1. The SMILES string of the molecule is C#CCCBr.C#CCCN1CCCCC1. The van der Waals surface area contributed by atoms with Crippen molar-refractivity contribution in [2.75, 3.05) is 25.0 Å². The first-order chi connectivity index (χ1) is 7.35. The standard InChI is InChI=1S/C9H15N.C4H5Br/c1-2-3-7-10-8-5-4-6-9-10;1-2-3-4-5/h1H,3-9H2;1H,3-4H2. The summed E-state index contributed by atoms with van der Waals surface area (Å²) in [6.07, 6.45) is 15.9. The monoisotopic (exact) mass is 269 g/mol. The summed E-state index contributed by atoms with van der Waals surface area (Å²) in [5.41, 5.74) is 0. The minimum Gasteiger partial charge on any atom is -0.302 e. The van der Waals surface area contributed by atoms with Gasteiger partial charge in [-0.1, -0.05) is 22.4 Å². The Bertz CT molecular complexity index is 206. The van der Waals surface area contributed by atoms with Gasteiger partial charge in [-0.05, 0) is 25.9 Å². The predicted molar refractivity (Wildman–Crippen MR) is 71.0 cm³/mol. The quantitative estimate of drug-likeness (QED) is 0.563. The lowest BCUT2D eigenvalue weighted by Crippen LogP contribution is -2.30. The fraction of sp³-hybridized carbons (Fsp3) is 0.692. The minimum atomic E-state index is 0.833. The average molecular weight is 270 g/mol. The van der Waals surface area contributed by atoms with Gasteiger partial charge in [-0.15, -0.1) is 24.7 Å². The van der Waals surface area contributed by atoms with Crippen LogP contribution in [0, 0.1) is 24.7 Å². The van der Waals surface area contributed by atoms with Gasteiger partial charge < -0.3 is 4.90 Å². The second-order valence-corrected chi connectivity index (χ2v) is 4.29. The van der Waals surface area contributed by atoms with Crippen molar-refractivity contribution in [3.8, 4) is 24.7 Å². The summed E-state index contributed by atoms with van der Waals surface area (Å²) < 4.78 is 0. The number of hydrogen-bond acceptors (Lipinski definition) is 1. The lowest BCUT2D eigenvalue weighted by atomic mass is 10.1. The number of alkyl halides is 1. The van der Waals surface area contributed by atoms with E-state index < -0.39 is 0 Å². The van der Waals surface area contributed by atoms with Crippen LogP contribution in [0.2, 0.25) is 0 Å². The van der Waals surface area contributed by atoms with Crippen LogP contribution in [0.4, 0.5) is 0 Å². The molecule has 2 heteroatoms. The van der Waals surface area contributed by atoms with Crippen LogP contribution < -0.4 is 0 Å². The van der Waals surface area contributed by atoms with E-state index in [1.165, 1.54) is 32.4 Å². The van der Waals surface area contributed by atoms with Gasteiger partial charge in [0.1, 0.15) is 0 Å². The van der Waals surface area contributed by atoms with E-state index in [1.54, 1.807) is 0 Å². The molecule has 0 aromatic rings. The van der Waals surface area contributed by atoms with Crippen molar-refractivity contribution in [3.05, 3.63) is 0 Å². The zero-order valence-electron chi connectivity index (χ0n) is 9.34. The number of hydrogen-bond donors (Lipinski definition) is 0. The highest BCUT2D eigenvalue weighted by Crippen LogP contribution is 2.07. The Kier molecular flexibility index (Phi) is 11.3. The lowest BCUT2D eigenvalue weighted by Gasteiger charge is -2.25. The number of rotatable bonds is 3. The molecule has 15 heavy (non-hydrogen) atoms. The third-order valence-corrected chi connectivity index (χ3v) is 2.66. The maximum Gasteiger partial charge on any atom is 0.0214 e. The maximum atomic E-state index is 5.17. The zero-order chi connectivity index (χ0) is 11.4. The maximum absolute atomic E-state index is 5.17. The van der Waals surface area contributed by atoms with E-state index in [-0.39, 0.29) is 0 Å². The third-order valence-electron chi connectivity index (χ3n) is 2.26. The number of nitrogens with zero attached hydrogens (tertiary/aromatic N) is 1. The van der Waals surface area contributed by atoms with Crippen LogP contribution in [0.15, 0.2) is 0 Å². The molecule has 84 valence electrons. The first-order valence-electron chi connectivity index (χ1n) is 5.50. The van der Waals surface area contributed by atoms with Gasteiger partial charge in [0.25, 0.3) is 0 Å². The number of terminal acetylenes is 2. The van der Waals surface area contributed by atoms with E-state index in [1.807, 2.05) is 0 Å². The van der Waals surface area contributed by atoms with Crippen molar-refractivity contribution in [2.24, 2.45) is 0 Å². The van der Waals surface area contributed by atoms with E-state index in [9.17, 15) is 0 Å². The highest BCUT2D eigenvalue weighted by molar-refractivity contribution is 9.09. The first kappa shape index (κ1) is 14.6. The molecule has 0 radical (unpaired) electrons. The molecule has 0 aromatic heterocycles. The van der Waals surface area contributed by atoms with Crippen LogP contribution in [0.25, 0.3) is 0 Å². The summed E-state index contributed by atoms with van der Waals surface area (Å²) in [6.45, 7) is 3.64. The molecule has 1 rings (SSSR count). The molecular weight excluding hydrogens is 250 g/mol. The van der Waals surface area contributed by atoms with Crippen LogP contribution in [0.5, 0.6) is 0 Å². The van der Waals surface area contributed by atoms with Gasteiger partial charge >= 0.3 is 0 Å². The molecule has 0 aromatic carbocycles. The van der Waals surface area contributed by atoms with Gasteiger partial charge in [0, 0.05) is 24.7 Å². The van der Waals surface area contributed by atoms with Gasteiger partial charge in [0.05, 0.1) is 0 Å². The summed E-state index contributed by atoms with van der Waals surface area (Å²) in [5.74, 6) is 5.14. The Morgan fingerprint density at radius 3 is 2.00 bits per heavy atom. The van der Waals surface area contributed by atoms with E-state index in [2.05, 4.69) is 32.7 Å². The Morgan fingerprint density at radius 2 is 1.60 bits per heavy atom. The molecule has 1 aliphatic rings. The van der Waals surface area contributed by atoms with Crippen LogP contribution in [-0.4, -0.2) is 29.9 Å². The van der Waals surface area contributed by atoms with Crippen molar-refractivity contribution in [3.63, 3.8) is 0 Å². The molecule has 0 saturated carbocycles. The van der Waals surface area contributed by atoms with Gasteiger partial charge in [-0.3, -0.25) is 0 Å². The van der Waals surface area contributed by atoms with Crippen molar-refractivity contribution < 1.29 is 0 Å². The molecule has 1 saturated heterocycles. The Labute approximate surface area is 103 Å². The lowest BCUT2D eigenvalue weighted by molar-refractivity contribution is 0.234. The fourth-order valence-electron chi connectivity index (χ4n) is 1.46. The predicted octanol–water partition coefficient (Wildman–Crippen LogP) is 2.90. The van der Waals surface area contributed by atoms with Crippen molar-refractivity contribution in [2.45, 2.75) is 32.1 Å². The second kappa shape index (κ2) is 11.6. The Hall–Kier alpha value is -0.440. The topological polar surface area (TPSA) is 3.24 Å². The summed E-state index contributed by atoms with van der Waals surface area (Å²) in [4.78, 5) is 2.46. The molecule has 1 fully saturated rings. The molecule has 0 atom stereocenters. The number of piperidine rings is 1. The molecule has 0 aliphatic carbocycles. The summed E-state index contributed by atoms with van der Waals surface area (Å²) in [7, 11) is 0. The molecule has 0 amide bonds. The summed E-state index contributed by atoms with van der Waals surface area (Å²) in [6, 6.07) is 0. The largest absolute Gasteiger partial charge is 0.302 e. The van der Waals surface area contributed by atoms with E-state index in [0.29, 0.717) is 0 Å².